The van der Waals surface area contributed by atoms with Gasteiger partial charge in [-0.25, -0.2) is 5.06 Å². The molecule has 17 heavy (non-hydrogen) atoms. The fraction of sp³-hybridized carbons (Fsp3) is 0.273. The van der Waals surface area contributed by atoms with Gasteiger partial charge in [0.2, 0.25) is 0 Å². The molecule has 0 aliphatic rings. The third-order valence-corrected chi connectivity index (χ3v) is 2.38. The molecule has 1 aromatic carbocycles. The van der Waals surface area contributed by atoms with E-state index in [4.69, 9.17) is 11.6 Å². The summed E-state index contributed by atoms with van der Waals surface area (Å²) in [5.41, 5.74) is 0.447. The van der Waals surface area contributed by atoms with Crippen molar-refractivity contribution in [2.24, 2.45) is 0 Å². The maximum atomic E-state index is 11.6. The first-order valence-corrected chi connectivity index (χ1v) is 5.27. The number of rotatable bonds is 4. The van der Waals surface area contributed by atoms with Crippen molar-refractivity contribution >= 4 is 23.4 Å². The first kappa shape index (κ1) is 13.5. The number of carbonyl (C=O) groups is 2. The van der Waals surface area contributed by atoms with Crippen LogP contribution in [0.15, 0.2) is 24.3 Å². The number of nitrogens with one attached hydrogen (secondary N) is 1. The lowest BCUT2D eigenvalue weighted by Crippen LogP contribution is -2.37. The number of nitrogens with zero attached hydrogens (tertiary/aromatic N) is 1. The van der Waals surface area contributed by atoms with E-state index in [0.29, 0.717) is 10.6 Å². The normalized spacial score (nSPS) is 9.82. The summed E-state index contributed by atoms with van der Waals surface area (Å²) in [5, 5.41) is 4.08. The Morgan fingerprint density at radius 2 is 1.94 bits per heavy atom. The van der Waals surface area contributed by atoms with Crippen molar-refractivity contribution in [2.45, 2.75) is 0 Å². The average Bonchev–Trinajstić information content (AvgIpc) is 2.35. The highest BCUT2D eigenvalue weighted by Gasteiger charge is 2.10. The number of hydrogen-bond donors (Lipinski definition) is 1. The van der Waals surface area contributed by atoms with Crippen molar-refractivity contribution in [3.63, 3.8) is 0 Å². The van der Waals surface area contributed by atoms with Crippen LogP contribution in [0.5, 0.6) is 0 Å². The van der Waals surface area contributed by atoms with E-state index in [0.717, 1.165) is 5.06 Å². The molecule has 0 aromatic heterocycles. The molecule has 0 unspecified atom stereocenters. The molecule has 0 fully saturated rings. The number of amides is 2. The van der Waals surface area contributed by atoms with Gasteiger partial charge >= 0.3 is 0 Å². The molecule has 1 aromatic rings. The van der Waals surface area contributed by atoms with Crippen molar-refractivity contribution in [3.05, 3.63) is 34.9 Å². The predicted octanol–water partition coefficient (Wildman–Crippen LogP) is 1.09. The molecule has 0 aliphatic carbocycles. The molecule has 6 heteroatoms. The lowest BCUT2D eigenvalue weighted by molar-refractivity contribution is -0.167. The maximum absolute atomic E-state index is 11.6. The van der Waals surface area contributed by atoms with E-state index in [1.165, 1.54) is 14.2 Å². The first-order valence-electron chi connectivity index (χ1n) is 4.89. The number of hydroxylamine groups is 2. The first-order chi connectivity index (χ1) is 8.04. The van der Waals surface area contributed by atoms with Gasteiger partial charge in [-0.15, -0.1) is 0 Å². The number of likely N-dealkylation sites (N-methyl/N-ethyl adjacent to an activating group) is 1. The minimum Gasteiger partial charge on any atom is -0.343 e. The third kappa shape index (κ3) is 4.05. The molecule has 5 nitrogen and oxygen atoms in total. The second-order valence-corrected chi connectivity index (χ2v) is 3.70. The molecule has 92 valence electrons. The molecule has 0 saturated carbocycles. The molecule has 0 bridgehead atoms. The van der Waals surface area contributed by atoms with Crippen molar-refractivity contribution in [2.75, 3.05) is 20.7 Å². The van der Waals surface area contributed by atoms with Crippen molar-refractivity contribution in [3.8, 4) is 0 Å². The van der Waals surface area contributed by atoms with Crippen LogP contribution in [0.1, 0.15) is 10.4 Å². The lowest BCUT2D eigenvalue weighted by atomic mass is 10.2. The Hall–Kier alpha value is -1.59. The van der Waals surface area contributed by atoms with E-state index < -0.39 is 0 Å². The quantitative estimate of drug-likeness (QED) is 0.821. The van der Waals surface area contributed by atoms with Gasteiger partial charge in [-0.3, -0.25) is 14.4 Å². The van der Waals surface area contributed by atoms with E-state index in [-0.39, 0.29) is 18.4 Å². The van der Waals surface area contributed by atoms with Gasteiger partial charge in [0.15, 0.2) is 0 Å². The van der Waals surface area contributed by atoms with Crippen LogP contribution >= 0.6 is 11.6 Å². The monoisotopic (exact) mass is 256 g/mol. The summed E-state index contributed by atoms with van der Waals surface area (Å²) in [7, 11) is 2.84. The lowest BCUT2D eigenvalue weighted by Gasteiger charge is -2.13. The Morgan fingerprint density at radius 3 is 2.47 bits per heavy atom. The number of halogens is 1. The Kier molecular flexibility index (Phi) is 4.93. The molecule has 1 rings (SSSR count). The van der Waals surface area contributed by atoms with E-state index in [1.54, 1.807) is 24.3 Å². The smallest absolute Gasteiger partial charge is 0.265 e. The summed E-state index contributed by atoms with van der Waals surface area (Å²) in [5.74, 6) is -0.672. The Balaban J connectivity index is 2.50. The third-order valence-electron chi connectivity index (χ3n) is 2.13. The topological polar surface area (TPSA) is 58.6 Å². The van der Waals surface area contributed by atoms with Gasteiger partial charge in [0.1, 0.15) is 0 Å². The minimum atomic E-state index is -0.338. The summed E-state index contributed by atoms with van der Waals surface area (Å²) in [4.78, 5) is 27.6. The highest BCUT2D eigenvalue weighted by atomic mass is 35.5. The van der Waals surface area contributed by atoms with Crippen LogP contribution in [0.2, 0.25) is 5.02 Å². The number of carbonyl (C=O) groups excluding carboxylic acids is 2. The van der Waals surface area contributed by atoms with Gasteiger partial charge in [0, 0.05) is 17.6 Å². The summed E-state index contributed by atoms with van der Waals surface area (Å²) < 4.78 is 0. The largest absolute Gasteiger partial charge is 0.343 e. The molecular formula is C11H13ClN2O3. The van der Waals surface area contributed by atoms with Crippen LogP contribution in [-0.4, -0.2) is 37.6 Å². The van der Waals surface area contributed by atoms with Gasteiger partial charge in [-0.2, -0.15) is 0 Å². The summed E-state index contributed by atoms with van der Waals surface area (Å²) in [6.07, 6.45) is 0. The van der Waals surface area contributed by atoms with Gasteiger partial charge in [-0.1, -0.05) is 11.6 Å². The molecular weight excluding hydrogens is 244 g/mol. The van der Waals surface area contributed by atoms with Crippen LogP contribution in [0.25, 0.3) is 0 Å². The molecule has 2 amide bonds. The molecule has 0 atom stereocenters. The van der Waals surface area contributed by atoms with Crippen LogP contribution < -0.4 is 5.32 Å². The number of hydrogen-bond acceptors (Lipinski definition) is 3. The van der Waals surface area contributed by atoms with Crippen molar-refractivity contribution in [1.82, 2.24) is 10.4 Å². The zero-order valence-electron chi connectivity index (χ0n) is 9.57. The summed E-state index contributed by atoms with van der Waals surface area (Å²) in [6.45, 7) is -0.119. The second-order valence-electron chi connectivity index (χ2n) is 3.26. The molecule has 1 N–H and O–H groups in total. The zero-order valence-corrected chi connectivity index (χ0v) is 10.3. The van der Waals surface area contributed by atoms with Gasteiger partial charge in [-0.05, 0) is 24.3 Å². The van der Waals surface area contributed by atoms with E-state index in [1.807, 2.05) is 0 Å². The minimum absolute atomic E-state index is 0.119. The number of benzene rings is 1. The standard InChI is InChI=1S/C11H13ClN2O3/c1-14(17-2)10(15)7-13-11(16)8-3-5-9(12)6-4-8/h3-6H,7H2,1-2H3,(H,13,16). The molecule has 0 heterocycles. The highest BCUT2D eigenvalue weighted by Crippen LogP contribution is 2.09. The van der Waals surface area contributed by atoms with Gasteiger partial charge in [0.25, 0.3) is 11.8 Å². The Morgan fingerprint density at radius 1 is 1.35 bits per heavy atom. The Labute approximate surface area is 104 Å². The van der Waals surface area contributed by atoms with Crippen LogP contribution in [0, 0.1) is 0 Å². The molecule has 0 radical (unpaired) electrons. The van der Waals surface area contributed by atoms with E-state index in [2.05, 4.69) is 10.2 Å². The van der Waals surface area contributed by atoms with Gasteiger partial charge in [0.05, 0.1) is 13.7 Å². The van der Waals surface area contributed by atoms with Crippen LogP contribution in [-0.2, 0) is 9.63 Å². The molecule has 0 saturated heterocycles. The summed E-state index contributed by atoms with van der Waals surface area (Å²) in [6, 6.07) is 6.39. The second kappa shape index (κ2) is 6.22. The van der Waals surface area contributed by atoms with Crippen LogP contribution in [0.3, 0.4) is 0 Å². The van der Waals surface area contributed by atoms with E-state index >= 15 is 0 Å². The predicted molar refractivity (Wildman–Crippen MR) is 63.6 cm³/mol. The molecule has 0 aliphatic heterocycles. The Bertz CT molecular complexity index is 406. The maximum Gasteiger partial charge on any atom is 0.265 e. The van der Waals surface area contributed by atoms with E-state index in [9.17, 15) is 9.59 Å². The zero-order chi connectivity index (χ0) is 12.8. The van der Waals surface area contributed by atoms with Gasteiger partial charge < -0.3 is 5.32 Å². The average molecular weight is 257 g/mol. The highest BCUT2D eigenvalue weighted by molar-refractivity contribution is 6.30. The fourth-order valence-electron chi connectivity index (χ4n) is 1.07. The van der Waals surface area contributed by atoms with Crippen LogP contribution in [0.4, 0.5) is 0 Å². The SMILES string of the molecule is CON(C)C(=O)CNC(=O)c1ccc(Cl)cc1. The summed E-state index contributed by atoms with van der Waals surface area (Å²) >= 11 is 5.70. The van der Waals surface area contributed by atoms with Crippen molar-refractivity contribution < 1.29 is 14.4 Å². The van der Waals surface area contributed by atoms with Crippen molar-refractivity contribution in [1.29, 1.82) is 0 Å². The fourth-order valence-corrected chi connectivity index (χ4v) is 1.20. The molecule has 0 spiro atoms.